The molecule has 1 atom stereocenters. The predicted molar refractivity (Wildman–Crippen MR) is 47.1 cm³/mol. The molecule has 0 spiro atoms. The molecule has 0 heterocycles. The van der Waals surface area contributed by atoms with Crippen LogP contribution in [0.2, 0.25) is 0 Å². The molecule has 0 amide bonds. The lowest BCUT2D eigenvalue weighted by molar-refractivity contribution is -0.192. The third-order valence-corrected chi connectivity index (χ3v) is 1.71. The van der Waals surface area contributed by atoms with Crippen molar-refractivity contribution in [1.29, 1.82) is 0 Å². The number of alkyl halides is 3. The molecule has 0 saturated heterocycles. The van der Waals surface area contributed by atoms with E-state index in [4.69, 9.17) is 9.90 Å². The summed E-state index contributed by atoms with van der Waals surface area (Å²) in [5.74, 6) is -2.76. The van der Waals surface area contributed by atoms with Crippen molar-refractivity contribution in [3.63, 3.8) is 0 Å². The molecule has 0 aromatic carbocycles. The van der Waals surface area contributed by atoms with Crippen LogP contribution in [-0.2, 0) is 4.79 Å². The van der Waals surface area contributed by atoms with Crippen molar-refractivity contribution < 1.29 is 23.1 Å². The predicted octanol–water partition coefficient (Wildman–Crippen LogP) is 1.98. The summed E-state index contributed by atoms with van der Waals surface area (Å²) in [6.07, 6.45) is -3.84. The fourth-order valence-corrected chi connectivity index (χ4v) is 0.365. The quantitative estimate of drug-likeness (QED) is 0.765. The molecule has 86 valence electrons. The van der Waals surface area contributed by atoms with Gasteiger partial charge in [-0.25, -0.2) is 4.79 Å². The largest absolute Gasteiger partial charge is 0.490 e. The summed E-state index contributed by atoms with van der Waals surface area (Å²) in [6.45, 7) is 4.42. The van der Waals surface area contributed by atoms with Crippen LogP contribution >= 0.6 is 0 Å². The van der Waals surface area contributed by atoms with Gasteiger partial charge in [-0.15, -0.1) is 0 Å². The minimum Gasteiger partial charge on any atom is -0.475 e. The van der Waals surface area contributed by atoms with Gasteiger partial charge in [0.05, 0.1) is 0 Å². The number of hydrogen-bond donors (Lipinski definition) is 1. The second-order valence-electron chi connectivity index (χ2n) is 3.02. The minimum absolute atomic E-state index is 0.736. The van der Waals surface area contributed by atoms with Crippen molar-refractivity contribution in [3.05, 3.63) is 0 Å². The highest BCUT2D eigenvalue weighted by molar-refractivity contribution is 5.73. The second kappa shape index (κ2) is 6.64. The maximum Gasteiger partial charge on any atom is 0.490 e. The Morgan fingerprint density at radius 2 is 1.71 bits per heavy atom. The fourth-order valence-electron chi connectivity index (χ4n) is 0.365. The minimum atomic E-state index is -5.08. The Hall–Kier alpha value is -0.780. The van der Waals surface area contributed by atoms with E-state index in [1.54, 1.807) is 0 Å². The Bertz CT molecular complexity index is 168. The van der Waals surface area contributed by atoms with Gasteiger partial charge in [-0.05, 0) is 27.4 Å². The highest BCUT2D eigenvalue weighted by Crippen LogP contribution is 2.13. The maximum atomic E-state index is 10.6. The molecule has 0 saturated carbocycles. The molecule has 0 rings (SSSR count). The first-order chi connectivity index (χ1) is 6.12. The molecule has 0 fully saturated rings. The molecule has 3 nitrogen and oxygen atoms in total. The lowest BCUT2D eigenvalue weighted by Gasteiger charge is -2.16. The van der Waals surface area contributed by atoms with E-state index in [0.29, 0.717) is 0 Å². The van der Waals surface area contributed by atoms with E-state index in [2.05, 4.69) is 32.8 Å². The molecular formula is C8H16F3NO2. The number of rotatable bonds is 2. The fraction of sp³-hybridized carbons (Fsp3) is 0.875. The molecule has 1 N–H and O–H groups in total. The van der Waals surface area contributed by atoms with Gasteiger partial charge >= 0.3 is 12.1 Å². The van der Waals surface area contributed by atoms with Gasteiger partial charge in [0.25, 0.3) is 0 Å². The topological polar surface area (TPSA) is 40.5 Å². The summed E-state index contributed by atoms with van der Waals surface area (Å²) in [7, 11) is 4.21. The first kappa shape index (κ1) is 15.7. The highest BCUT2D eigenvalue weighted by atomic mass is 19.4. The third-order valence-electron chi connectivity index (χ3n) is 1.71. The number of carbonyl (C=O) groups is 1. The molecule has 1 unspecified atom stereocenters. The number of aliphatic carboxylic acids is 1. The summed E-state index contributed by atoms with van der Waals surface area (Å²) < 4.78 is 31.7. The molecular weight excluding hydrogens is 199 g/mol. The van der Waals surface area contributed by atoms with Gasteiger partial charge < -0.3 is 10.0 Å². The van der Waals surface area contributed by atoms with Crippen molar-refractivity contribution in [2.45, 2.75) is 32.5 Å². The molecule has 0 radical (unpaired) electrons. The molecule has 0 aliphatic carbocycles. The number of halogens is 3. The van der Waals surface area contributed by atoms with Gasteiger partial charge in [0.2, 0.25) is 0 Å². The SMILES string of the molecule is CCC(C)N(C)C.O=C(O)C(F)(F)F. The number of carboxylic acid groups (broad SMARTS) is 1. The van der Waals surface area contributed by atoms with Crippen LogP contribution in [0.5, 0.6) is 0 Å². The number of nitrogens with zero attached hydrogens (tertiary/aromatic N) is 1. The first-order valence-electron chi connectivity index (χ1n) is 4.09. The van der Waals surface area contributed by atoms with Crippen LogP contribution in [0.1, 0.15) is 20.3 Å². The van der Waals surface area contributed by atoms with Crippen molar-refractivity contribution in [2.24, 2.45) is 0 Å². The van der Waals surface area contributed by atoms with Crippen LogP contribution in [-0.4, -0.2) is 42.3 Å². The third kappa shape index (κ3) is 9.31. The average molecular weight is 215 g/mol. The van der Waals surface area contributed by atoms with Gasteiger partial charge in [-0.1, -0.05) is 6.92 Å². The van der Waals surface area contributed by atoms with Gasteiger partial charge in [-0.2, -0.15) is 13.2 Å². The first-order valence-corrected chi connectivity index (χ1v) is 4.09. The Balaban J connectivity index is 0. The molecule has 0 bridgehead atoms. The lowest BCUT2D eigenvalue weighted by atomic mass is 10.2. The average Bonchev–Trinajstić information content (AvgIpc) is 2.02. The van der Waals surface area contributed by atoms with E-state index in [0.717, 1.165) is 6.04 Å². The summed E-state index contributed by atoms with van der Waals surface area (Å²) in [4.78, 5) is 11.1. The van der Waals surface area contributed by atoms with Crippen molar-refractivity contribution >= 4 is 5.97 Å². The van der Waals surface area contributed by atoms with Crippen LogP contribution < -0.4 is 0 Å². The Morgan fingerprint density at radius 3 is 1.71 bits per heavy atom. The van der Waals surface area contributed by atoms with Crippen LogP contribution in [0.15, 0.2) is 0 Å². The molecule has 0 aliphatic heterocycles. The summed E-state index contributed by atoms with van der Waals surface area (Å²) in [6, 6.07) is 0.736. The van der Waals surface area contributed by atoms with E-state index in [-0.39, 0.29) is 0 Å². The van der Waals surface area contributed by atoms with Gasteiger partial charge in [0, 0.05) is 6.04 Å². The smallest absolute Gasteiger partial charge is 0.475 e. The van der Waals surface area contributed by atoms with E-state index in [1.165, 1.54) is 6.42 Å². The summed E-state index contributed by atoms with van der Waals surface area (Å²) >= 11 is 0. The van der Waals surface area contributed by atoms with E-state index < -0.39 is 12.1 Å². The van der Waals surface area contributed by atoms with E-state index in [9.17, 15) is 13.2 Å². The van der Waals surface area contributed by atoms with Crippen LogP contribution in [0.4, 0.5) is 13.2 Å². The Morgan fingerprint density at radius 1 is 1.43 bits per heavy atom. The van der Waals surface area contributed by atoms with Gasteiger partial charge in [0.1, 0.15) is 0 Å². The molecule has 0 aromatic rings. The lowest BCUT2D eigenvalue weighted by Crippen LogP contribution is -2.23. The number of carboxylic acids is 1. The van der Waals surface area contributed by atoms with Crippen LogP contribution in [0.3, 0.4) is 0 Å². The second-order valence-corrected chi connectivity index (χ2v) is 3.02. The molecule has 0 aliphatic rings. The van der Waals surface area contributed by atoms with E-state index in [1.807, 2.05) is 0 Å². The normalized spacial score (nSPS) is 13.1. The zero-order chi connectivity index (χ0) is 11.9. The number of hydrogen-bond acceptors (Lipinski definition) is 2. The zero-order valence-corrected chi connectivity index (χ0v) is 8.72. The summed E-state index contributed by atoms with van der Waals surface area (Å²) in [5, 5.41) is 7.12. The van der Waals surface area contributed by atoms with Gasteiger partial charge in [0.15, 0.2) is 0 Å². The molecule has 6 heteroatoms. The van der Waals surface area contributed by atoms with Crippen LogP contribution in [0.25, 0.3) is 0 Å². The zero-order valence-electron chi connectivity index (χ0n) is 8.72. The molecule has 0 aromatic heterocycles. The summed E-state index contributed by atoms with van der Waals surface area (Å²) in [5.41, 5.74) is 0. The monoisotopic (exact) mass is 215 g/mol. The maximum absolute atomic E-state index is 10.6. The highest BCUT2D eigenvalue weighted by Gasteiger charge is 2.38. The van der Waals surface area contributed by atoms with Crippen molar-refractivity contribution in [2.75, 3.05) is 14.1 Å². The molecule has 14 heavy (non-hydrogen) atoms. The van der Waals surface area contributed by atoms with Gasteiger partial charge in [-0.3, -0.25) is 0 Å². The van der Waals surface area contributed by atoms with Crippen molar-refractivity contribution in [1.82, 2.24) is 4.90 Å². The van der Waals surface area contributed by atoms with E-state index >= 15 is 0 Å². The standard InChI is InChI=1S/C6H15N.C2HF3O2/c1-5-6(2)7(3)4;3-2(4,5)1(6)7/h6H,5H2,1-4H3;(H,6,7). The van der Waals surface area contributed by atoms with Crippen molar-refractivity contribution in [3.8, 4) is 0 Å². The Kier molecular flexibility index (Phi) is 7.44. The van der Waals surface area contributed by atoms with Crippen LogP contribution in [0, 0.1) is 0 Å². The Labute approximate surface area is 81.5 Å².